The van der Waals surface area contributed by atoms with Crippen LogP contribution in [-0.4, -0.2) is 46.3 Å². The molecule has 0 spiro atoms. The molecule has 5 heteroatoms. The Morgan fingerprint density at radius 2 is 2.12 bits per heavy atom. The van der Waals surface area contributed by atoms with E-state index in [0.717, 1.165) is 19.0 Å². The average molecular weight is 330 g/mol. The third-order valence-electron chi connectivity index (χ3n) is 6.55. The smallest absolute Gasteiger partial charge is 0.216 e. The number of nitrogens with one attached hydrogen (secondary N) is 1. The number of carbonyl (C=O) groups excluding carboxylic acids is 1. The molecule has 0 radical (unpaired) electrons. The zero-order valence-electron chi connectivity index (χ0n) is 15.0. The fourth-order valence-corrected chi connectivity index (χ4v) is 5.22. The van der Waals surface area contributed by atoms with E-state index < -0.39 is 0 Å². The van der Waals surface area contributed by atoms with Gasteiger partial charge in [-0.2, -0.15) is 5.10 Å². The number of aromatic nitrogens is 2. The summed E-state index contributed by atoms with van der Waals surface area (Å²) in [6, 6.07) is 2.93. The van der Waals surface area contributed by atoms with Crippen LogP contribution in [0.3, 0.4) is 0 Å². The summed E-state index contributed by atoms with van der Waals surface area (Å²) >= 11 is 0. The summed E-state index contributed by atoms with van der Waals surface area (Å²) in [5.41, 5.74) is 2.76. The van der Waals surface area contributed by atoms with E-state index in [1.807, 2.05) is 0 Å². The van der Waals surface area contributed by atoms with Gasteiger partial charge in [-0.15, -0.1) is 0 Å². The fourth-order valence-electron chi connectivity index (χ4n) is 5.22. The van der Waals surface area contributed by atoms with Crippen molar-refractivity contribution in [3.05, 3.63) is 17.5 Å². The van der Waals surface area contributed by atoms with Crippen LogP contribution in [0.5, 0.6) is 0 Å². The highest BCUT2D eigenvalue weighted by Gasteiger charge is 2.42. The molecule has 5 rings (SSSR count). The van der Waals surface area contributed by atoms with Gasteiger partial charge >= 0.3 is 0 Å². The van der Waals surface area contributed by atoms with Crippen LogP contribution in [0, 0.1) is 5.92 Å². The zero-order chi connectivity index (χ0) is 16.7. The quantitative estimate of drug-likeness (QED) is 0.922. The Morgan fingerprint density at radius 1 is 1.33 bits per heavy atom. The Balaban J connectivity index is 1.47. The second-order valence-electron chi connectivity index (χ2n) is 8.08. The lowest BCUT2D eigenvalue weighted by Gasteiger charge is -2.49. The molecule has 3 aliphatic heterocycles. The van der Waals surface area contributed by atoms with Gasteiger partial charge in [0, 0.05) is 50.6 Å². The van der Waals surface area contributed by atoms with Gasteiger partial charge in [0.05, 0.1) is 5.69 Å². The summed E-state index contributed by atoms with van der Waals surface area (Å²) < 4.78 is 2.16. The standard InChI is InChI=1S/C19H30N4O/c1-13(24)20-11-16-9-15-7-8-23(16)12-17(15)19-10-18(21-22(19)2)14-5-3-4-6-14/h10,14-17H,3-9,11-12H2,1-2H3,(H,20,24)/t15-,16+,17-/m0/s1. The number of piperidine rings is 3. The van der Waals surface area contributed by atoms with E-state index in [4.69, 9.17) is 5.10 Å². The average Bonchev–Trinajstić information content (AvgIpc) is 3.22. The van der Waals surface area contributed by atoms with Crippen LogP contribution in [0.2, 0.25) is 0 Å². The molecule has 4 atom stereocenters. The van der Waals surface area contributed by atoms with Gasteiger partial charge in [-0.25, -0.2) is 0 Å². The number of nitrogens with zero attached hydrogens (tertiary/aromatic N) is 3. The molecule has 4 aliphatic rings. The van der Waals surface area contributed by atoms with Crippen LogP contribution in [0.1, 0.15) is 68.7 Å². The van der Waals surface area contributed by atoms with Crippen LogP contribution in [0.15, 0.2) is 6.07 Å². The van der Waals surface area contributed by atoms with Crippen molar-refractivity contribution in [1.29, 1.82) is 0 Å². The summed E-state index contributed by atoms with van der Waals surface area (Å²) in [5.74, 6) is 2.13. The molecule has 24 heavy (non-hydrogen) atoms. The van der Waals surface area contributed by atoms with E-state index in [2.05, 4.69) is 28.0 Å². The lowest BCUT2D eigenvalue weighted by Crippen LogP contribution is -2.56. The minimum atomic E-state index is 0.0852. The Morgan fingerprint density at radius 3 is 2.79 bits per heavy atom. The molecule has 4 heterocycles. The lowest BCUT2D eigenvalue weighted by molar-refractivity contribution is -0.119. The van der Waals surface area contributed by atoms with E-state index in [-0.39, 0.29) is 5.91 Å². The number of fused-ring (bicyclic) bond motifs is 3. The van der Waals surface area contributed by atoms with Gasteiger partial charge in [0.15, 0.2) is 0 Å². The van der Waals surface area contributed by atoms with Gasteiger partial charge in [-0.1, -0.05) is 12.8 Å². The van der Waals surface area contributed by atoms with E-state index in [1.54, 1.807) is 6.92 Å². The maximum Gasteiger partial charge on any atom is 0.216 e. The Kier molecular flexibility index (Phi) is 4.37. The maximum absolute atomic E-state index is 11.2. The van der Waals surface area contributed by atoms with Crippen molar-refractivity contribution >= 4 is 5.91 Å². The van der Waals surface area contributed by atoms with Crippen LogP contribution in [0.4, 0.5) is 0 Å². The number of carbonyl (C=O) groups is 1. The first-order chi connectivity index (χ1) is 11.6. The van der Waals surface area contributed by atoms with E-state index in [9.17, 15) is 4.79 Å². The van der Waals surface area contributed by atoms with Crippen molar-refractivity contribution in [3.63, 3.8) is 0 Å². The van der Waals surface area contributed by atoms with Gasteiger partial charge < -0.3 is 5.32 Å². The number of amides is 1. The molecule has 1 unspecified atom stereocenters. The lowest BCUT2D eigenvalue weighted by atomic mass is 9.74. The molecule has 1 aliphatic carbocycles. The molecule has 3 saturated heterocycles. The van der Waals surface area contributed by atoms with Crippen molar-refractivity contribution in [2.45, 2.75) is 63.3 Å². The zero-order valence-corrected chi connectivity index (χ0v) is 15.0. The second-order valence-corrected chi connectivity index (χ2v) is 8.08. The van der Waals surface area contributed by atoms with Crippen molar-refractivity contribution < 1.29 is 4.79 Å². The maximum atomic E-state index is 11.2. The summed E-state index contributed by atoms with van der Waals surface area (Å²) in [6.45, 7) is 4.72. The molecule has 1 N–H and O–H groups in total. The molecule has 1 amide bonds. The first-order valence-electron chi connectivity index (χ1n) is 9.64. The van der Waals surface area contributed by atoms with Gasteiger partial charge in [0.2, 0.25) is 5.91 Å². The highest BCUT2D eigenvalue weighted by atomic mass is 16.1. The van der Waals surface area contributed by atoms with Crippen molar-refractivity contribution in [2.24, 2.45) is 13.0 Å². The van der Waals surface area contributed by atoms with Crippen molar-refractivity contribution in [3.8, 4) is 0 Å². The Bertz CT molecular complexity index is 605. The Hall–Kier alpha value is -1.36. The normalized spacial score (nSPS) is 33.1. The number of rotatable bonds is 4. The third-order valence-corrected chi connectivity index (χ3v) is 6.55. The van der Waals surface area contributed by atoms with E-state index >= 15 is 0 Å². The minimum Gasteiger partial charge on any atom is -0.355 e. The first kappa shape index (κ1) is 16.1. The summed E-state index contributed by atoms with van der Waals surface area (Å²) in [5, 5.41) is 7.88. The largest absolute Gasteiger partial charge is 0.355 e. The predicted molar refractivity (Wildman–Crippen MR) is 93.9 cm³/mol. The topological polar surface area (TPSA) is 50.2 Å². The Labute approximate surface area is 144 Å². The van der Waals surface area contributed by atoms with Gasteiger partial charge in [0.25, 0.3) is 0 Å². The molecular formula is C19H30N4O. The number of hydrogen-bond donors (Lipinski definition) is 1. The monoisotopic (exact) mass is 330 g/mol. The van der Waals surface area contributed by atoms with Gasteiger partial charge in [-0.3, -0.25) is 14.4 Å². The molecule has 132 valence electrons. The highest BCUT2D eigenvalue weighted by molar-refractivity contribution is 5.72. The molecule has 5 nitrogen and oxygen atoms in total. The minimum absolute atomic E-state index is 0.0852. The summed E-state index contributed by atoms with van der Waals surface area (Å²) in [7, 11) is 2.13. The highest BCUT2D eigenvalue weighted by Crippen LogP contribution is 2.43. The molecule has 1 aromatic rings. The molecule has 1 aromatic heterocycles. The molecule has 0 aromatic carbocycles. The molecule has 1 saturated carbocycles. The van der Waals surface area contributed by atoms with Crippen LogP contribution >= 0.6 is 0 Å². The molecule has 2 bridgehead atoms. The SMILES string of the molecule is CC(=O)NC[C@H]1C[C@@H]2CCN1C[C@@H]2c1cc(C2CCCC2)nn1C. The second kappa shape index (κ2) is 6.51. The first-order valence-corrected chi connectivity index (χ1v) is 9.64. The third kappa shape index (κ3) is 2.99. The van der Waals surface area contributed by atoms with E-state index in [1.165, 1.54) is 56.5 Å². The van der Waals surface area contributed by atoms with Crippen molar-refractivity contribution in [2.75, 3.05) is 19.6 Å². The summed E-state index contributed by atoms with van der Waals surface area (Å²) in [4.78, 5) is 13.8. The number of hydrogen-bond acceptors (Lipinski definition) is 3. The van der Waals surface area contributed by atoms with Crippen LogP contribution in [0.25, 0.3) is 0 Å². The fraction of sp³-hybridized carbons (Fsp3) is 0.789. The molecule has 4 fully saturated rings. The van der Waals surface area contributed by atoms with E-state index in [0.29, 0.717) is 17.9 Å². The summed E-state index contributed by atoms with van der Waals surface area (Å²) in [6.07, 6.45) is 7.84. The van der Waals surface area contributed by atoms with Gasteiger partial charge in [0.1, 0.15) is 0 Å². The van der Waals surface area contributed by atoms with Crippen molar-refractivity contribution in [1.82, 2.24) is 20.0 Å². The number of aryl methyl sites for hydroxylation is 1. The molecular weight excluding hydrogens is 300 g/mol. The van der Waals surface area contributed by atoms with Crippen LogP contribution < -0.4 is 5.32 Å². The van der Waals surface area contributed by atoms with Gasteiger partial charge in [-0.05, 0) is 44.2 Å². The predicted octanol–water partition coefficient (Wildman–Crippen LogP) is 2.39. The van der Waals surface area contributed by atoms with Crippen LogP contribution in [-0.2, 0) is 11.8 Å².